The summed E-state index contributed by atoms with van der Waals surface area (Å²) in [6, 6.07) is 9.90. The van der Waals surface area contributed by atoms with E-state index < -0.39 is 6.09 Å². The molecule has 102 valence electrons. The molecule has 0 aliphatic heterocycles. The van der Waals surface area contributed by atoms with E-state index in [-0.39, 0.29) is 12.4 Å². The van der Waals surface area contributed by atoms with Crippen LogP contribution in [0.25, 0.3) is 0 Å². The third-order valence-electron chi connectivity index (χ3n) is 2.67. The number of hydrogen-bond donors (Lipinski definition) is 1. The summed E-state index contributed by atoms with van der Waals surface area (Å²) in [4.78, 5) is 26.9. The molecule has 0 saturated carbocycles. The summed E-state index contributed by atoms with van der Waals surface area (Å²) in [5.74, 6) is 0.262. The molecule has 0 bridgehead atoms. The number of nitrogens with zero attached hydrogens (tertiary/aromatic N) is 2. The molecule has 0 aliphatic rings. The summed E-state index contributed by atoms with van der Waals surface area (Å²) >= 11 is 5.79. The monoisotopic (exact) mass is 290 g/mol. The fraction of sp³-hybridized carbons (Fsp3) is 0.0714. The zero-order valence-corrected chi connectivity index (χ0v) is 11.1. The van der Waals surface area contributed by atoms with E-state index in [1.165, 1.54) is 18.3 Å². The van der Waals surface area contributed by atoms with Crippen molar-refractivity contribution in [1.29, 1.82) is 0 Å². The molecule has 5 nitrogen and oxygen atoms in total. The van der Waals surface area contributed by atoms with Gasteiger partial charge in [-0.1, -0.05) is 23.7 Å². The maximum absolute atomic E-state index is 11.3. The summed E-state index contributed by atoms with van der Waals surface area (Å²) in [6.45, 7) is 0.153. The van der Waals surface area contributed by atoms with E-state index in [9.17, 15) is 14.7 Å². The molecule has 2 rings (SSSR count). The Morgan fingerprint density at radius 3 is 2.45 bits per heavy atom. The minimum Gasteiger partial charge on any atom is -0.465 e. The van der Waals surface area contributed by atoms with Crippen LogP contribution in [-0.4, -0.2) is 22.5 Å². The van der Waals surface area contributed by atoms with E-state index in [1.807, 2.05) is 0 Å². The fourth-order valence-corrected chi connectivity index (χ4v) is 1.77. The van der Waals surface area contributed by atoms with Crippen LogP contribution < -0.4 is 4.90 Å². The molecule has 1 heterocycles. The van der Waals surface area contributed by atoms with Gasteiger partial charge in [-0.05, 0) is 29.8 Å². The quantitative estimate of drug-likeness (QED) is 0.878. The highest BCUT2D eigenvalue weighted by atomic mass is 35.5. The number of aldehydes is 1. The first kappa shape index (κ1) is 14.0. The molecular weight excluding hydrogens is 280 g/mol. The Bertz CT molecular complexity index is 611. The third-order valence-corrected chi connectivity index (χ3v) is 2.92. The number of carbonyl (C=O) groups is 2. The Balaban J connectivity index is 2.24. The van der Waals surface area contributed by atoms with Crippen molar-refractivity contribution in [2.75, 3.05) is 4.90 Å². The first-order valence-corrected chi connectivity index (χ1v) is 6.14. The molecule has 0 unspecified atom stereocenters. The minimum atomic E-state index is -1.12. The van der Waals surface area contributed by atoms with Gasteiger partial charge in [0.15, 0.2) is 6.29 Å². The van der Waals surface area contributed by atoms with E-state index in [4.69, 9.17) is 11.6 Å². The standard InChI is InChI=1S/C14H11ClN2O3/c15-12-4-1-10(2-5-12)8-17(14(19)20)13-6-3-11(9-18)7-16-13/h1-7,9H,8H2,(H,19,20). The van der Waals surface area contributed by atoms with Gasteiger partial charge in [-0.3, -0.25) is 9.69 Å². The first-order valence-electron chi connectivity index (χ1n) is 5.76. The molecule has 0 spiro atoms. The lowest BCUT2D eigenvalue weighted by Crippen LogP contribution is -2.29. The third kappa shape index (κ3) is 3.33. The van der Waals surface area contributed by atoms with Crippen molar-refractivity contribution in [2.24, 2.45) is 0 Å². The zero-order chi connectivity index (χ0) is 14.5. The Morgan fingerprint density at radius 1 is 1.25 bits per heavy atom. The lowest BCUT2D eigenvalue weighted by Gasteiger charge is -2.18. The van der Waals surface area contributed by atoms with Crippen LogP contribution in [0.15, 0.2) is 42.6 Å². The molecule has 0 aliphatic carbocycles. The van der Waals surface area contributed by atoms with Crippen LogP contribution in [0.2, 0.25) is 5.02 Å². The van der Waals surface area contributed by atoms with Gasteiger partial charge in [-0.2, -0.15) is 0 Å². The van der Waals surface area contributed by atoms with Crippen LogP contribution in [-0.2, 0) is 6.54 Å². The van der Waals surface area contributed by atoms with Crippen molar-refractivity contribution < 1.29 is 14.7 Å². The Morgan fingerprint density at radius 2 is 1.95 bits per heavy atom. The van der Waals surface area contributed by atoms with Gasteiger partial charge >= 0.3 is 6.09 Å². The summed E-state index contributed by atoms with van der Waals surface area (Å²) in [5, 5.41) is 9.85. The zero-order valence-electron chi connectivity index (χ0n) is 10.4. The number of pyridine rings is 1. The van der Waals surface area contributed by atoms with Crippen molar-refractivity contribution >= 4 is 29.8 Å². The van der Waals surface area contributed by atoms with E-state index >= 15 is 0 Å². The summed E-state index contributed by atoms with van der Waals surface area (Å²) in [7, 11) is 0. The van der Waals surface area contributed by atoms with E-state index in [1.54, 1.807) is 24.3 Å². The van der Waals surface area contributed by atoms with Gasteiger partial charge in [0.05, 0.1) is 6.54 Å². The molecule has 1 amide bonds. The van der Waals surface area contributed by atoms with E-state index in [0.29, 0.717) is 16.9 Å². The molecule has 0 saturated heterocycles. The maximum atomic E-state index is 11.3. The van der Waals surface area contributed by atoms with Crippen LogP contribution in [0.5, 0.6) is 0 Å². The molecule has 6 heteroatoms. The lowest BCUT2D eigenvalue weighted by atomic mass is 10.2. The average Bonchev–Trinajstić information content (AvgIpc) is 2.46. The van der Waals surface area contributed by atoms with E-state index in [2.05, 4.69) is 4.98 Å². The van der Waals surface area contributed by atoms with Crippen LogP contribution in [0.4, 0.5) is 10.6 Å². The van der Waals surface area contributed by atoms with Crippen molar-refractivity contribution in [3.05, 3.63) is 58.7 Å². The normalized spacial score (nSPS) is 10.1. The van der Waals surface area contributed by atoms with Crippen molar-refractivity contribution in [2.45, 2.75) is 6.54 Å². The van der Waals surface area contributed by atoms with Crippen molar-refractivity contribution in [3.8, 4) is 0 Å². The minimum absolute atomic E-state index is 0.153. The predicted octanol–water partition coefficient (Wildman–Crippen LogP) is 3.23. The Kier molecular flexibility index (Phi) is 4.32. The smallest absolute Gasteiger partial charge is 0.413 e. The van der Waals surface area contributed by atoms with Gasteiger partial charge in [-0.25, -0.2) is 9.78 Å². The number of carboxylic acid groups (broad SMARTS) is 1. The largest absolute Gasteiger partial charge is 0.465 e. The number of anilines is 1. The van der Waals surface area contributed by atoms with Crippen molar-refractivity contribution in [1.82, 2.24) is 4.98 Å². The molecule has 2 aromatic rings. The summed E-state index contributed by atoms with van der Waals surface area (Å²) in [6.07, 6.45) is 0.868. The van der Waals surface area contributed by atoms with Crippen LogP contribution in [0.1, 0.15) is 15.9 Å². The molecule has 0 fully saturated rings. The van der Waals surface area contributed by atoms with Gasteiger partial charge in [0.25, 0.3) is 0 Å². The number of rotatable bonds is 4. The highest BCUT2D eigenvalue weighted by Gasteiger charge is 2.16. The topological polar surface area (TPSA) is 70.5 Å². The highest BCUT2D eigenvalue weighted by molar-refractivity contribution is 6.30. The Labute approximate surface area is 120 Å². The molecule has 1 aromatic heterocycles. The molecule has 1 aromatic carbocycles. The molecule has 0 radical (unpaired) electrons. The second-order valence-electron chi connectivity index (χ2n) is 4.06. The van der Waals surface area contributed by atoms with Gasteiger partial charge in [0, 0.05) is 16.8 Å². The number of carbonyl (C=O) groups excluding carboxylic acids is 1. The molecule has 20 heavy (non-hydrogen) atoms. The maximum Gasteiger partial charge on any atom is 0.413 e. The predicted molar refractivity (Wildman–Crippen MR) is 75.3 cm³/mol. The van der Waals surface area contributed by atoms with Gasteiger partial charge in [0.1, 0.15) is 5.82 Å². The van der Waals surface area contributed by atoms with E-state index in [0.717, 1.165) is 10.5 Å². The second kappa shape index (κ2) is 6.16. The number of halogens is 1. The van der Waals surface area contributed by atoms with Gasteiger partial charge in [0.2, 0.25) is 0 Å². The average molecular weight is 291 g/mol. The second-order valence-corrected chi connectivity index (χ2v) is 4.50. The summed E-state index contributed by atoms with van der Waals surface area (Å²) in [5.41, 5.74) is 1.18. The number of aromatic nitrogens is 1. The highest BCUT2D eigenvalue weighted by Crippen LogP contribution is 2.17. The van der Waals surface area contributed by atoms with Crippen LogP contribution in [0.3, 0.4) is 0 Å². The van der Waals surface area contributed by atoms with Crippen LogP contribution >= 0.6 is 11.6 Å². The molecule has 0 atom stereocenters. The molecule has 1 N–H and O–H groups in total. The van der Waals surface area contributed by atoms with Gasteiger partial charge in [-0.15, -0.1) is 0 Å². The lowest BCUT2D eigenvalue weighted by molar-refractivity contribution is 0.112. The van der Waals surface area contributed by atoms with Gasteiger partial charge < -0.3 is 5.11 Å². The SMILES string of the molecule is O=Cc1ccc(N(Cc2ccc(Cl)cc2)C(=O)O)nc1. The molecular formula is C14H11ClN2O3. The first-order chi connectivity index (χ1) is 9.60. The van der Waals surface area contributed by atoms with Crippen molar-refractivity contribution in [3.63, 3.8) is 0 Å². The number of amides is 1. The fourth-order valence-electron chi connectivity index (χ4n) is 1.65. The Hall–Kier alpha value is -2.40. The number of benzene rings is 1. The summed E-state index contributed by atoms with van der Waals surface area (Å²) < 4.78 is 0. The van der Waals surface area contributed by atoms with Crippen LogP contribution in [0, 0.1) is 0 Å². The number of hydrogen-bond acceptors (Lipinski definition) is 3.